The minimum absolute atomic E-state index is 0.0552. The second kappa shape index (κ2) is 7.05. The van der Waals surface area contributed by atoms with Gasteiger partial charge >= 0.3 is 0 Å². The van der Waals surface area contributed by atoms with Crippen LogP contribution in [-0.4, -0.2) is 34.8 Å². The van der Waals surface area contributed by atoms with Gasteiger partial charge in [0.05, 0.1) is 6.61 Å². The van der Waals surface area contributed by atoms with Gasteiger partial charge in [0.25, 0.3) is 0 Å². The average Bonchev–Trinajstić information content (AvgIpc) is 2.68. The molecule has 0 amide bonds. The zero-order chi connectivity index (χ0) is 19.1. The summed E-state index contributed by atoms with van der Waals surface area (Å²) in [7, 11) is 0. The summed E-state index contributed by atoms with van der Waals surface area (Å²) in [6, 6.07) is 8.78. The summed E-state index contributed by atoms with van der Waals surface area (Å²) >= 11 is 0. The highest BCUT2D eigenvalue weighted by atomic mass is 16.7. The number of benzene rings is 1. The van der Waals surface area contributed by atoms with E-state index in [9.17, 15) is 4.79 Å². The fourth-order valence-electron chi connectivity index (χ4n) is 4.70. The number of aromatic nitrogens is 1. The smallest absolute Gasteiger partial charge is 0.248 e. The van der Waals surface area contributed by atoms with E-state index in [1.807, 2.05) is 6.20 Å². The number of hydrogen-bond acceptors (Lipinski definition) is 4. The first-order valence-electron chi connectivity index (χ1n) is 10.6. The molecule has 3 heterocycles. The van der Waals surface area contributed by atoms with Crippen LogP contribution in [0.2, 0.25) is 0 Å². The second-order valence-corrected chi connectivity index (χ2v) is 8.33. The number of ether oxygens (including phenoxy) is 2. The first-order valence-corrected chi connectivity index (χ1v) is 10.6. The predicted molar refractivity (Wildman–Crippen MR) is 108 cm³/mol. The van der Waals surface area contributed by atoms with E-state index in [-0.39, 0.29) is 5.56 Å². The maximum absolute atomic E-state index is 11.6. The van der Waals surface area contributed by atoms with Crippen LogP contribution in [0.25, 0.3) is 11.1 Å². The van der Waals surface area contributed by atoms with E-state index in [1.54, 1.807) is 6.07 Å². The fourth-order valence-corrected chi connectivity index (χ4v) is 4.70. The number of aryl methyl sites for hydroxylation is 1. The second-order valence-electron chi connectivity index (χ2n) is 8.33. The van der Waals surface area contributed by atoms with Crippen molar-refractivity contribution in [1.29, 1.82) is 0 Å². The number of nitrogens with one attached hydrogen (secondary N) is 1. The van der Waals surface area contributed by atoms with Gasteiger partial charge in [-0.25, -0.2) is 0 Å². The monoisotopic (exact) mass is 380 g/mol. The Morgan fingerprint density at radius 3 is 2.75 bits per heavy atom. The molecule has 0 bridgehead atoms. The van der Waals surface area contributed by atoms with E-state index in [1.165, 1.54) is 19.3 Å². The summed E-state index contributed by atoms with van der Waals surface area (Å²) in [6.07, 6.45) is 8.59. The summed E-state index contributed by atoms with van der Waals surface area (Å²) < 4.78 is 12.7. The van der Waals surface area contributed by atoms with Crippen molar-refractivity contribution in [1.82, 2.24) is 9.88 Å². The molecule has 1 saturated carbocycles. The van der Waals surface area contributed by atoms with E-state index in [2.05, 4.69) is 35.0 Å². The standard InChI is InChI=1S/C23H28N2O3/c1-2-16-13-22(26)24-14-20(16)17-6-7-21-18(12-17)15-27-23(28-21)8-10-25(11-9-23)19-4-3-5-19/h6-7,12-14,19H,2-5,8-11,15H2,1H3,(H,24,26). The fraction of sp³-hybridized carbons (Fsp3) is 0.522. The molecule has 0 atom stereocenters. The zero-order valence-electron chi connectivity index (χ0n) is 16.5. The molecule has 1 saturated heterocycles. The van der Waals surface area contributed by atoms with E-state index in [4.69, 9.17) is 9.47 Å². The van der Waals surface area contributed by atoms with Crippen molar-refractivity contribution < 1.29 is 9.47 Å². The summed E-state index contributed by atoms with van der Waals surface area (Å²) in [6.45, 7) is 4.78. The lowest BCUT2D eigenvalue weighted by Crippen LogP contribution is -2.54. The third-order valence-electron chi connectivity index (χ3n) is 6.70. The molecule has 2 fully saturated rings. The summed E-state index contributed by atoms with van der Waals surface area (Å²) in [5.74, 6) is 0.482. The Morgan fingerprint density at radius 1 is 1.21 bits per heavy atom. The van der Waals surface area contributed by atoms with Gasteiger partial charge in [-0.2, -0.15) is 0 Å². The third kappa shape index (κ3) is 3.16. The number of hydrogen-bond donors (Lipinski definition) is 1. The molecule has 1 aromatic heterocycles. The van der Waals surface area contributed by atoms with Crippen molar-refractivity contribution in [3.05, 3.63) is 51.9 Å². The van der Waals surface area contributed by atoms with Crippen LogP contribution in [-0.2, 0) is 17.8 Å². The molecule has 2 aliphatic heterocycles. The van der Waals surface area contributed by atoms with E-state index in [0.717, 1.165) is 66.4 Å². The number of likely N-dealkylation sites (tertiary alicyclic amines) is 1. The average molecular weight is 380 g/mol. The van der Waals surface area contributed by atoms with Crippen molar-refractivity contribution in [3.63, 3.8) is 0 Å². The van der Waals surface area contributed by atoms with Gasteiger partial charge in [0, 0.05) is 55.4 Å². The lowest BCUT2D eigenvalue weighted by atomic mass is 9.89. The number of piperidine rings is 1. The molecule has 2 aromatic rings. The molecule has 5 heteroatoms. The Morgan fingerprint density at radius 2 is 2.04 bits per heavy atom. The van der Waals surface area contributed by atoms with Crippen LogP contribution in [0.15, 0.2) is 35.3 Å². The molecule has 0 radical (unpaired) electrons. The van der Waals surface area contributed by atoms with Crippen LogP contribution in [0.1, 0.15) is 50.2 Å². The molecular weight excluding hydrogens is 352 g/mol. The Balaban J connectivity index is 1.35. The Bertz CT molecular complexity index is 924. The number of nitrogens with zero attached hydrogens (tertiary/aromatic N) is 1. The number of aromatic amines is 1. The minimum Gasteiger partial charge on any atom is -0.462 e. The van der Waals surface area contributed by atoms with Gasteiger partial charge in [-0.15, -0.1) is 0 Å². The van der Waals surface area contributed by atoms with Crippen LogP contribution in [0.5, 0.6) is 5.75 Å². The van der Waals surface area contributed by atoms with Gasteiger partial charge in [0.1, 0.15) is 5.75 Å². The molecule has 5 rings (SSSR count). The molecular formula is C23H28N2O3. The van der Waals surface area contributed by atoms with Crippen molar-refractivity contribution in [2.75, 3.05) is 13.1 Å². The highest BCUT2D eigenvalue weighted by Gasteiger charge is 2.42. The number of rotatable bonds is 3. The van der Waals surface area contributed by atoms with Crippen LogP contribution in [0.4, 0.5) is 0 Å². The number of pyridine rings is 1. The van der Waals surface area contributed by atoms with Gasteiger partial charge < -0.3 is 14.5 Å². The lowest BCUT2D eigenvalue weighted by Gasteiger charge is -2.47. The molecule has 0 unspecified atom stereocenters. The van der Waals surface area contributed by atoms with E-state index < -0.39 is 5.79 Å². The van der Waals surface area contributed by atoms with Crippen molar-refractivity contribution >= 4 is 0 Å². The number of H-pyrrole nitrogens is 1. The highest BCUT2D eigenvalue weighted by molar-refractivity contribution is 5.68. The first kappa shape index (κ1) is 18.0. The topological polar surface area (TPSA) is 54.6 Å². The van der Waals surface area contributed by atoms with Gasteiger partial charge in [0.15, 0.2) is 0 Å². The van der Waals surface area contributed by atoms with Crippen LogP contribution >= 0.6 is 0 Å². The van der Waals surface area contributed by atoms with Crippen molar-refractivity contribution in [2.24, 2.45) is 0 Å². The molecule has 148 valence electrons. The SMILES string of the molecule is CCc1cc(=O)[nH]cc1-c1ccc2c(c1)COC1(CCN(C3CCC3)CC1)O2. The zero-order valence-corrected chi connectivity index (χ0v) is 16.5. The lowest BCUT2D eigenvalue weighted by molar-refractivity contribution is -0.231. The summed E-state index contributed by atoms with van der Waals surface area (Å²) in [4.78, 5) is 17.0. The predicted octanol–water partition coefficient (Wildman–Crippen LogP) is 3.86. The first-order chi connectivity index (χ1) is 13.7. The van der Waals surface area contributed by atoms with Crippen LogP contribution in [0, 0.1) is 0 Å². The molecule has 3 aliphatic rings. The molecule has 1 aromatic carbocycles. The quantitative estimate of drug-likeness (QED) is 0.879. The maximum atomic E-state index is 11.6. The van der Waals surface area contributed by atoms with Gasteiger partial charge in [-0.1, -0.05) is 19.4 Å². The van der Waals surface area contributed by atoms with E-state index in [0.29, 0.717) is 6.61 Å². The van der Waals surface area contributed by atoms with Gasteiger partial charge in [-0.3, -0.25) is 9.69 Å². The molecule has 1 aliphatic carbocycles. The third-order valence-corrected chi connectivity index (χ3v) is 6.70. The van der Waals surface area contributed by atoms with Gasteiger partial charge in [-0.05, 0) is 42.5 Å². The van der Waals surface area contributed by atoms with E-state index >= 15 is 0 Å². The largest absolute Gasteiger partial charge is 0.462 e. The van der Waals surface area contributed by atoms with Crippen molar-refractivity contribution in [2.45, 2.75) is 63.9 Å². The Kier molecular flexibility index (Phi) is 4.52. The minimum atomic E-state index is -0.457. The summed E-state index contributed by atoms with van der Waals surface area (Å²) in [5.41, 5.74) is 4.24. The molecule has 28 heavy (non-hydrogen) atoms. The highest BCUT2D eigenvalue weighted by Crippen LogP contribution is 2.40. The van der Waals surface area contributed by atoms with Crippen LogP contribution in [0.3, 0.4) is 0 Å². The van der Waals surface area contributed by atoms with Crippen molar-refractivity contribution in [3.8, 4) is 16.9 Å². The van der Waals surface area contributed by atoms with Crippen LogP contribution < -0.4 is 10.3 Å². The maximum Gasteiger partial charge on any atom is 0.248 e. The molecule has 5 nitrogen and oxygen atoms in total. The van der Waals surface area contributed by atoms with Gasteiger partial charge in [0.2, 0.25) is 11.3 Å². The number of fused-ring (bicyclic) bond motifs is 1. The molecule has 1 spiro atoms. The normalized spacial score (nSPS) is 21.8. The Labute approximate surface area is 165 Å². The Hall–Kier alpha value is -2.11. The summed E-state index contributed by atoms with van der Waals surface area (Å²) in [5, 5.41) is 0. The molecule has 1 N–H and O–H groups in total.